The van der Waals surface area contributed by atoms with Gasteiger partial charge in [0.1, 0.15) is 10.8 Å². The minimum absolute atomic E-state index is 0.117. The highest BCUT2D eigenvalue weighted by Gasteiger charge is 2.33. The number of nitrogens with two attached hydrogens (primary N) is 1. The van der Waals surface area contributed by atoms with Gasteiger partial charge in [-0.05, 0) is 73.3 Å². The van der Waals surface area contributed by atoms with Crippen LogP contribution in [0, 0.1) is 25.2 Å². The van der Waals surface area contributed by atoms with Crippen molar-refractivity contribution in [2.24, 2.45) is 17.1 Å². The van der Waals surface area contributed by atoms with Crippen molar-refractivity contribution in [2.45, 2.75) is 53.9 Å². The Bertz CT molecular complexity index is 920. The van der Waals surface area contributed by atoms with Crippen molar-refractivity contribution < 1.29 is 14.3 Å². The van der Waals surface area contributed by atoms with Crippen LogP contribution in [0.25, 0.3) is 0 Å². The van der Waals surface area contributed by atoms with Crippen molar-refractivity contribution in [1.29, 1.82) is 0 Å². The molecule has 6 heteroatoms. The number of carbonyl (C=O) groups is 2. The van der Waals surface area contributed by atoms with Gasteiger partial charge in [-0.1, -0.05) is 26.8 Å². The van der Waals surface area contributed by atoms with E-state index >= 15 is 0 Å². The van der Waals surface area contributed by atoms with Gasteiger partial charge >= 0.3 is 0 Å². The van der Waals surface area contributed by atoms with Gasteiger partial charge < -0.3 is 15.8 Å². The Kier molecular flexibility index (Phi) is 6.03. The Morgan fingerprint density at radius 3 is 2.45 bits per heavy atom. The average molecular weight is 415 g/mol. The molecule has 0 radical (unpaired) electrons. The molecule has 1 heterocycles. The molecule has 0 spiro atoms. The van der Waals surface area contributed by atoms with Gasteiger partial charge in [-0.25, -0.2) is 0 Å². The molecule has 1 aromatic carbocycles. The summed E-state index contributed by atoms with van der Waals surface area (Å²) in [6.07, 6.45) is 2.76. The van der Waals surface area contributed by atoms with E-state index in [1.54, 1.807) is 0 Å². The minimum Gasteiger partial charge on any atom is -0.484 e. The molecular weight excluding hydrogens is 384 g/mol. The summed E-state index contributed by atoms with van der Waals surface area (Å²) in [5.74, 6) is 0.428. The summed E-state index contributed by atoms with van der Waals surface area (Å²) >= 11 is 1.48. The van der Waals surface area contributed by atoms with Gasteiger partial charge in [0, 0.05) is 4.88 Å². The average Bonchev–Trinajstić information content (AvgIpc) is 2.95. The minimum atomic E-state index is -0.484. The Labute approximate surface area is 176 Å². The van der Waals surface area contributed by atoms with Gasteiger partial charge in [0.25, 0.3) is 11.8 Å². The summed E-state index contributed by atoms with van der Waals surface area (Å²) < 4.78 is 5.64. The second-order valence-corrected chi connectivity index (χ2v) is 10.1. The number of benzene rings is 1. The Morgan fingerprint density at radius 2 is 1.86 bits per heavy atom. The fourth-order valence-corrected chi connectivity index (χ4v) is 5.35. The second kappa shape index (κ2) is 8.19. The Morgan fingerprint density at radius 1 is 1.21 bits per heavy atom. The first-order valence-electron chi connectivity index (χ1n) is 10.00. The molecule has 0 saturated heterocycles. The van der Waals surface area contributed by atoms with Gasteiger partial charge in [-0.2, -0.15) is 0 Å². The summed E-state index contributed by atoms with van der Waals surface area (Å²) in [4.78, 5) is 25.8. The van der Waals surface area contributed by atoms with E-state index in [2.05, 4.69) is 26.1 Å². The van der Waals surface area contributed by atoms with Gasteiger partial charge in [0.05, 0.1) is 5.56 Å². The molecule has 1 aliphatic rings. The first kappa shape index (κ1) is 21.4. The van der Waals surface area contributed by atoms with Gasteiger partial charge in [0.2, 0.25) is 0 Å². The number of ether oxygens (including phenoxy) is 1. The molecule has 1 aromatic heterocycles. The third-order valence-electron chi connectivity index (χ3n) is 5.55. The third-order valence-corrected chi connectivity index (χ3v) is 6.72. The Hall–Kier alpha value is -2.34. The van der Waals surface area contributed by atoms with Crippen LogP contribution in [0.5, 0.6) is 5.75 Å². The van der Waals surface area contributed by atoms with Crippen molar-refractivity contribution in [1.82, 2.24) is 0 Å². The summed E-state index contributed by atoms with van der Waals surface area (Å²) in [5, 5.41) is 3.40. The predicted molar refractivity (Wildman–Crippen MR) is 118 cm³/mol. The fourth-order valence-electron chi connectivity index (χ4n) is 4.00. The first-order valence-corrected chi connectivity index (χ1v) is 10.8. The smallest absolute Gasteiger partial charge is 0.262 e. The van der Waals surface area contributed by atoms with E-state index in [9.17, 15) is 9.59 Å². The number of hydrogen-bond donors (Lipinski definition) is 2. The SMILES string of the molecule is Cc1cc(C)cc(OCC(=O)Nc2sc3c(c2C(N)=O)CC[C@@H](C(C)(C)C)C3)c1. The summed E-state index contributed by atoms with van der Waals surface area (Å²) in [6.45, 7) is 10.6. The molecule has 156 valence electrons. The second-order valence-electron chi connectivity index (χ2n) is 9.04. The van der Waals surface area contributed by atoms with E-state index in [0.717, 1.165) is 40.8 Å². The van der Waals surface area contributed by atoms with Crippen LogP contribution in [0.15, 0.2) is 18.2 Å². The van der Waals surface area contributed by atoms with Crippen molar-refractivity contribution in [3.05, 3.63) is 45.3 Å². The number of aryl methyl sites for hydroxylation is 2. The molecule has 1 aliphatic carbocycles. The number of hydrogen-bond acceptors (Lipinski definition) is 4. The van der Waals surface area contributed by atoms with Crippen molar-refractivity contribution in [2.75, 3.05) is 11.9 Å². The maximum atomic E-state index is 12.5. The maximum Gasteiger partial charge on any atom is 0.262 e. The number of fused-ring (bicyclic) bond motifs is 1. The molecule has 3 rings (SSSR count). The van der Waals surface area contributed by atoms with Crippen LogP contribution in [-0.4, -0.2) is 18.4 Å². The van der Waals surface area contributed by atoms with E-state index in [1.165, 1.54) is 11.3 Å². The molecule has 29 heavy (non-hydrogen) atoms. The normalized spacial score (nSPS) is 16.2. The monoisotopic (exact) mass is 414 g/mol. The maximum absolute atomic E-state index is 12.5. The lowest BCUT2D eigenvalue weighted by Gasteiger charge is -2.33. The first-order chi connectivity index (χ1) is 13.5. The lowest BCUT2D eigenvalue weighted by Crippen LogP contribution is -2.27. The molecule has 0 aliphatic heterocycles. The topological polar surface area (TPSA) is 81.4 Å². The van der Waals surface area contributed by atoms with Crippen molar-refractivity contribution in [3.8, 4) is 5.75 Å². The van der Waals surface area contributed by atoms with E-state index in [1.807, 2.05) is 32.0 Å². The molecule has 2 amide bonds. The van der Waals surface area contributed by atoms with Crippen LogP contribution in [0.2, 0.25) is 0 Å². The number of anilines is 1. The zero-order valence-corrected chi connectivity index (χ0v) is 18.7. The van der Waals surface area contributed by atoms with Crippen LogP contribution in [0.3, 0.4) is 0 Å². The number of amides is 2. The van der Waals surface area contributed by atoms with Crippen LogP contribution >= 0.6 is 11.3 Å². The van der Waals surface area contributed by atoms with E-state index in [-0.39, 0.29) is 17.9 Å². The summed E-state index contributed by atoms with van der Waals surface area (Å²) in [6, 6.07) is 5.84. The van der Waals surface area contributed by atoms with Gasteiger partial charge in [-0.3, -0.25) is 9.59 Å². The van der Waals surface area contributed by atoms with Crippen LogP contribution in [0.1, 0.15) is 59.1 Å². The molecule has 0 fully saturated rings. The highest BCUT2D eigenvalue weighted by atomic mass is 32.1. The number of primary amides is 1. The number of rotatable bonds is 5. The zero-order valence-electron chi connectivity index (χ0n) is 17.8. The zero-order chi connectivity index (χ0) is 21.3. The Balaban J connectivity index is 1.74. The molecular formula is C23H30N2O3S. The van der Waals surface area contributed by atoms with Crippen LogP contribution in [0.4, 0.5) is 5.00 Å². The fraction of sp³-hybridized carbons (Fsp3) is 0.478. The number of thiophene rings is 1. The van der Waals surface area contributed by atoms with E-state index < -0.39 is 5.91 Å². The van der Waals surface area contributed by atoms with Crippen molar-refractivity contribution >= 4 is 28.2 Å². The molecule has 1 atom stereocenters. The molecule has 2 aromatic rings. The van der Waals surface area contributed by atoms with Crippen LogP contribution < -0.4 is 15.8 Å². The van der Waals surface area contributed by atoms with E-state index in [4.69, 9.17) is 10.5 Å². The lowest BCUT2D eigenvalue weighted by molar-refractivity contribution is -0.118. The van der Waals surface area contributed by atoms with Gasteiger partial charge in [0.15, 0.2) is 6.61 Å². The molecule has 0 saturated carbocycles. The highest BCUT2D eigenvalue weighted by Crippen LogP contribution is 2.44. The predicted octanol–water partition coefficient (Wildman–Crippen LogP) is 4.63. The largest absolute Gasteiger partial charge is 0.484 e. The molecule has 0 bridgehead atoms. The summed E-state index contributed by atoms with van der Waals surface area (Å²) in [7, 11) is 0. The third kappa shape index (κ3) is 4.99. The standard InChI is InChI=1S/C23H30N2O3S/c1-13-8-14(2)10-16(9-13)28-12-19(26)25-22-20(21(24)27)17-7-6-15(23(3,4)5)11-18(17)29-22/h8-10,15H,6-7,11-12H2,1-5H3,(H2,24,27)(H,25,26)/t15-/m1/s1. The van der Waals surface area contributed by atoms with Gasteiger partial charge in [-0.15, -0.1) is 11.3 Å². The summed E-state index contributed by atoms with van der Waals surface area (Å²) in [5.41, 5.74) is 9.51. The molecule has 0 unspecified atom stereocenters. The highest BCUT2D eigenvalue weighted by molar-refractivity contribution is 7.17. The van der Waals surface area contributed by atoms with Crippen LogP contribution in [-0.2, 0) is 17.6 Å². The number of nitrogens with one attached hydrogen (secondary N) is 1. The quantitative estimate of drug-likeness (QED) is 0.748. The number of carbonyl (C=O) groups excluding carboxylic acids is 2. The molecule has 5 nitrogen and oxygen atoms in total. The molecule has 3 N–H and O–H groups in total. The lowest BCUT2D eigenvalue weighted by atomic mass is 9.72. The van der Waals surface area contributed by atoms with Crippen molar-refractivity contribution in [3.63, 3.8) is 0 Å². The van der Waals surface area contributed by atoms with E-state index in [0.29, 0.717) is 22.2 Å².